The number of carboxylic acids is 1. The molecule has 0 heterocycles. The first kappa shape index (κ1) is 20.3. The number of carbonyl (C=O) groups excluding carboxylic acids is 2. The molecule has 2 amide bonds. The zero-order valence-corrected chi connectivity index (χ0v) is 13.3. The van der Waals surface area contributed by atoms with Gasteiger partial charge in [-0.05, 0) is 31.7 Å². The lowest BCUT2D eigenvalue weighted by Gasteiger charge is -2.18. The van der Waals surface area contributed by atoms with E-state index in [9.17, 15) is 14.4 Å². The number of nitrogens with two attached hydrogens (primary N) is 2. The van der Waals surface area contributed by atoms with Crippen LogP contribution >= 0.6 is 0 Å². The van der Waals surface area contributed by atoms with E-state index in [1.165, 1.54) is 0 Å². The van der Waals surface area contributed by atoms with Crippen LogP contribution in [0.2, 0.25) is 0 Å². The molecule has 0 aromatic heterocycles. The van der Waals surface area contributed by atoms with Crippen molar-refractivity contribution in [1.29, 1.82) is 0 Å². The fourth-order valence-corrected chi connectivity index (χ4v) is 1.79. The standard InChI is InChI=1S/C14H28N4O4/c1-3-9(2)12(16)13(20)17-8-11(19)18-10(14(21)22)6-4-5-7-15/h9-10,12H,3-8,15-16H2,1-2H3,(H,17,20)(H,18,19)(H,21,22)/t9-,10-,12-/m0/s1. The normalized spacial score (nSPS) is 14.7. The third-order valence-electron chi connectivity index (χ3n) is 3.56. The summed E-state index contributed by atoms with van der Waals surface area (Å²) in [5.74, 6) is -2.07. The van der Waals surface area contributed by atoms with Crippen molar-refractivity contribution < 1.29 is 19.5 Å². The van der Waals surface area contributed by atoms with Gasteiger partial charge in [0.1, 0.15) is 6.04 Å². The van der Waals surface area contributed by atoms with Gasteiger partial charge in [0.25, 0.3) is 0 Å². The van der Waals surface area contributed by atoms with E-state index < -0.39 is 29.9 Å². The SMILES string of the molecule is CC[C@H](C)[C@H](N)C(=O)NCC(=O)N[C@@H](CCCCN)C(=O)O. The zero-order chi connectivity index (χ0) is 17.1. The zero-order valence-electron chi connectivity index (χ0n) is 13.3. The Labute approximate surface area is 131 Å². The molecule has 8 nitrogen and oxygen atoms in total. The van der Waals surface area contributed by atoms with Crippen molar-refractivity contribution in [1.82, 2.24) is 10.6 Å². The molecule has 0 aliphatic carbocycles. The van der Waals surface area contributed by atoms with Crippen molar-refractivity contribution in [3.8, 4) is 0 Å². The van der Waals surface area contributed by atoms with Crippen LogP contribution in [0.3, 0.4) is 0 Å². The van der Waals surface area contributed by atoms with Crippen molar-refractivity contribution in [3.63, 3.8) is 0 Å². The van der Waals surface area contributed by atoms with E-state index >= 15 is 0 Å². The van der Waals surface area contributed by atoms with Gasteiger partial charge in [0, 0.05) is 0 Å². The predicted octanol–water partition coefficient (Wildman–Crippen LogP) is -0.826. The number of unbranched alkanes of at least 4 members (excludes halogenated alkanes) is 1. The third kappa shape index (κ3) is 7.94. The average Bonchev–Trinajstić information content (AvgIpc) is 2.49. The number of hydrogen-bond donors (Lipinski definition) is 5. The van der Waals surface area contributed by atoms with Crippen LogP contribution in [0.4, 0.5) is 0 Å². The molecule has 128 valence electrons. The van der Waals surface area contributed by atoms with Crippen LogP contribution in [0.25, 0.3) is 0 Å². The van der Waals surface area contributed by atoms with Crippen LogP contribution in [0, 0.1) is 5.92 Å². The van der Waals surface area contributed by atoms with Crippen molar-refractivity contribution in [2.24, 2.45) is 17.4 Å². The predicted molar refractivity (Wildman–Crippen MR) is 82.9 cm³/mol. The van der Waals surface area contributed by atoms with E-state index in [0.29, 0.717) is 25.8 Å². The Morgan fingerprint density at radius 1 is 1.23 bits per heavy atom. The highest BCUT2D eigenvalue weighted by atomic mass is 16.4. The average molecular weight is 316 g/mol. The highest BCUT2D eigenvalue weighted by molar-refractivity contribution is 5.89. The van der Waals surface area contributed by atoms with Gasteiger partial charge >= 0.3 is 5.97 Å². The molecule has 3 atom stereocenters. The molecule has 0 rings (SSSR count). The fraction of sp³-hybridized carbons (Fsp3) is 0.786. The Bertz CT molecular complexity index is 376. The second-order valence-corrected chi connectivity index (χ2v) is 5.37. The maximum Gasteiger partial charge on any atom is 0.326 e. The van der Waals surface area contributed by atoms with Gasteiger partial charge in [-0.1, -0.05) is 20.3 Å². The van der Waals surface area contributed by atoms with Gasteiger partial charge in [-0.15, -0.1) is 0 Å². The van der Waals surface area contributed by atoms with Crippen LogP contribution in [0.1, 0.15) is 39.5 Å². The molecule has 0 radical (unpaired) electrons. The second kappa shape index (κ2) is 11.0. The quantitative estimate of drug-likeness (QED) is 0.314. The molecule has 0 aromatic rings. The Hall–Kier alpha value is -1.67. The molecule has 8 heteroatoms. The molecular formula is C14H28N4O4. The number of nitrogens with one attached hydrogen (secondary N) is 2. The number of rotatable bonds is 11. The summed E-state index contributed by atoms with van der Waals surface area (Å²) in [5.41, 5.74) is 11.1. The maximum absolute atomic E-state index is 11.7. The van der Waals surface area contributed by atoms with Crippen molar-refractivity contribution in [2.45, 2.75) is 51.6 Å². The van der Waals surface area contributed by atoms with E-state index in [1.807, 2.05) is 13.8 Å². The van der Waals surface area contributed by atoms with Gasteiger partial charge in [-0.3, -0.25) is 9.59 Å². The van der Waals surface area contributed by atoms with E-state index in [0.717, 1.165) is 6.42 Å². The lowest BCUT2D eigenvalue weighted by atomic mass is 9.99. The Balaban J connectivity index is 4.24. The summed E-state index contributed by atoms with van der Waals surface area (Å²) in [6.07, 6.45) is 2.36. The lowest BCUT2D eigenvalue weighted by Crippen LogP contribution is -2.50. The van der Waals surface area contributed by atoms with Crippen molar-refractivity contribution in [2.75, 3.05) is 13.1 Å². The molecule has 0 aliphatic heterocycles. The third-order valence-corrected chi connectivity index (χ3v) is 3.56. The number of hydrogen-bond acceptors (Lipinski definition) is 5. The van der Waals surface area contributed by atoms with Crippen LogP contribution in [0.15, 0.2) is 0 Å². The second-order valence-electron chi connectivity index (χ2n) is 5.37. The molecule has 7 N–H and O–H groups in total. The first-order chi connectivity index (χ1) is 10.3. The highest BCUT2D eigenvalue weighted by Gasteiger charge is 2.22. The molecule has 0 saturated carbocycles. The summed E-state index contributed by atoms with van der Waals surface area (Å²) in [5, 5.41) is 13.8. The lowest BCUT2D eigenvalue weighted by molar-refractivity contribution is -0.142. The number of carbonyl (C=O) groups is 3. The molecule has 0 saturated heterocycles. The summed E-state index contributed by atoms with van der Waals surface area (Å²) < 4.78 is 0. The van der Waals surface area contributed by atoms with Gasteiger partial charge in [0.2, 0.25) is 11.8 Å². The Morgan fingerprint density at radius 3 is 2.36 bits per heavy atom. The fourth-order valence-electron chi connectivity index (χ4n) is 1.79. The molecule has 0 unspecified atom stereocenters. The van der Waals surface area contributed by atoms with E-state index in [2.05, 4.69) is 10.6 Å². The van der Waals surface area contributed by atoms with Crippen LogP contribution in [-0.4, -0.2) is 48.1 Å². The van der Waals surface area contributed by atoms with Gasteiger partial charge in [0.05, 0.1) is 12.6 Å². The first-order valence-electron chi connectivity index (χ1n) is 7.58. The van der Waals surface area contributed by atoms with Crippen LogP contribution in [0.5, 0.6) is 0 Å². The van der Waals surface area contributed by atoms with E-state index in [1.54, 1.807) is 0 Å². The van der Waals surface area contributed by atoms with Crippen molar-refractivity contribution >= 4 is 17.8 Å². The summed E-state index contributed by atoms with van der Waals surface area (Å²) in [7, 11) is 0. The minimum Gasteiger partial charge on any atom is -0.480 e. The molecule has 0 bridgehead atoms. The Kier molecular flexibility index (Phi) is 10.1. The van der Waals surface area contributed by atoms with Gasteiger partial charge < -0.3 is 27.2 Å². The molecule has 0 aliphatic rings. The number of aliphatic carboxylic acids is 1. The summed E-state index contributed by atoms with van der Waals surface area (Å²) in [6, 6.07) is -1.66. The van der Waals surface area contributed by atoms with Crippen LogP contribution < -0.4 is 22.1 Å². The summed E-state index contributed by atoms with van der Waals surface area (Å²) >= 11 is 0. The van der Waals surface area contributed by atoms with Gasteiger partial charge in [-0.25, -0.2) is 4.79 Å². The molecule has 0 spiro atoms. The van der Waals surface area contributed by atoms with Gasteiger partial charge in [0.15, 0.2) is 0 Å². The summed E-state index contributed by atoms with van der Waals surface area (Å²) in [4.78, 5) is 34.5. The van der Waals surface area contributed by atoms with E-state index in [4.69, 9.17) is 16.6 Å². The van der Waals surface area contributed by atoms with Crippen molar-refractivity contribution in [3.05, 3.63) is 0 Å². The molecule has 0 fully saturated rings. The topological polar surface area (TPSA) is 148 Å². The van der Waals surface area contributed by atoms with E-state index in [-0.39, 0.29) is 12.5 Å². The van der Waals surface area contributed by atoms with Crippen LogP contribution in [-0.2, 0) is 14.4 Å². The minimum absolute atomic E-state index is 0.00564. The smallest absolute Gasteiger partial charge is 0.326 e. The van der Waals surface area contributed by atoms with Gasteiger partial charge in [-0.2, -0.15) is 0 Å². The maximum atomic E-state index is 11.7. The first-order valence-corrected chi connectivity index (χ1v) is 7.58. The monoisotopic (exact) mass is 316 g/mol. The summed E-state index contributed by atoms with van der Waals surface area (Å²) in [6.45, 7) is 3.96. The molecule has 0 aromatic carbocycles. The minimum atomic E-state index is -1.10. The number of amides is 2. The highest BCUT2D eigenvalue weighted by Crippen LogP contribution is 2.05. The largest absolute Gasteiger partial charge is 0.480 e. The molecular weight excluding hydrogens is 288 g/mol. The Morgan fingerprint density at radius 2 is 1.86 bits per heavy atom. The molecule has 22 heavy (non-hydrogen) atoms. The number of carboxylic acid groups (broad SMARTS) is 1.